The molecule has 0 bridgehead atoms. The van der Waals surface area contributed by atoms with Gasteiger partial charge in [0, 0.05) is 12.5 Å². The Labute approximate surface area is 142 Å². The number of aryl methyl sites for hydroxylation is 1. The van der Waals surface area contributed by atoms with E-state index in [1.807, 2.05) is 6.07 Å². The van der Waals surface area contributed by atoms with Crippen LogP contribution in [0.25, 0.3) is 11.5 Å². The molecule has 0 atom stereocenters. The second-order valence-electron chi connectivity index (χ2n) is 5.17. The Kier molecular flexibility index (Phi) is 4.53. The molecule has 7 heteroatoms. The molecule has 124 valence electrons. The molecule has 3 aromatic rings. The maximum Gasteiger partial charge on any atom is 0.339 e. The van der Waals surface area contributed by atoms with Crippen molar-refractivity contribution in [2.45, 2.75) is 13.5 Å². The number of nitriles is 1. The summed E-state index contributed by atoms with van der Waals surface area (Å²) in [5.74, 6) is -0.642. The smallest absolute Gasteiger partial charge is 0.339 e. The highest BCUT2D eigenvalue weighted by Gasteiger charge is 2.18. The first-order valence-electron chi connectivity index (χ1n) is 7.33. The SMILES string of the molecule is Cc1nnc(-c2ccccc2C(=O)OCc2cc(C#N)ccc2F)o1. The van der Waals surface area contributed by atoms with Gasteiger partial charge in [-0.2, -0.15) is 5.26 Å². The number of ether oxygens (including phenoxy) is 1. The molecule has 0 aliphatic heterocycles. The van der Waals surface area contributed by atoms with E-state index < -0.39 is 11.8 Å². The second kappa shape index (κ2) is 6.93. The maximum atomic E-state index is 13.8. The van der Waals surface area contributed by atoms with Crippen LogP contribution < -0.4 is 0 Å². The number of aromatic nitrogens is 2. The summed E-state index contributed by atoms with van der Waals surface area (Å²) in [4.78, 5) is 12.4. The molecule has 1 heterocycles. The minimum Gasteiger partial charge on any atom is -0.457 e. The van der Waals surface area contributed by atoms with Crippen molar-refractivity contribution in [2.24, 2.45) is 0 Å². The minimum atomic E-state index is -0.659. The minimum absolute atomic E-state index is 0.124. The van der Waals surface area contributed by atoms with E-state index in [1.165, 1.54) is 12.1 Å². The number of hydrogen-bond acceptors (Lipinski definition) is 6. The number of rotatable bonds is 4. The van der Waals surface area contributed by atoms with E-state index in [2.05, 4.69) is 10.2 Å². The molecule has 0 amide bonds. The summed E-state index contributed by atoms with van der Waals surface area (Å²) < 4.78 is 24.3. The van der Waals surface area contributed by atoms with E-state index in [9.17, 15) is 9.18 Å². The molecule has 0 N–H and O–H groups in total. The summed E-state index contributed by atoms with van der Waals surface area (Å²) >= 11 is 0. The van der Waals surface area contributed by atoms with Crippen LogP contribution in [-0.4, -0.2) is 16.2 Å². The van der Waals surface area contributed by atoms with Gasteiger partial charge in [0.05, 0.1) is 22.8 Å². The van der Waals surface area contributed by atoms with Gasteiger partial charge in [0.15, 0.2) is 0 Å². The third kappa shape index (κ3) is 3.53. The van der Waals surface area contributed by atoms with Gasteiger partial charge >= 0.3 is 5.97 Å². The molecule has 0 radical (unpaired) electrons. The number of carbonyl (C=O) groups excluding carboxylic acids is 1. The number of nitrogens with zero attached hydrogens (tertiary/aromatic N) is 3. The molecule has 6 nitrogen and oxygen atoms in total. The summed E-state index contributed by atoms with van der Waals surface area (Å²) in [7, 11) is 0. The highest BCUT2D eigenvalue weighted by molar-refractivity contribution is 5.96. The Morgan fingerprint density at radius 1 is 1.28 bits per heavy atom. The van der Waals surface area contributed by atoms with Crippen LogP contribution in [0.1, 0.15) is 27.4 Å². The van der Waals surface area contributed by atoms with E-state index in [4.69, 9.17) is 14.4 Å². The van der Waals surface area contributed by atoms with E-state index in [0.717, 1.165) is 6.07 Å². The van der Waals surface area contributed by atoms with Crippen LogP contribution >= 0.6 is 0 Å². The van der Waals surface area contributed by atoms with Gasteiger partial charge in [-0.15, -0.1) is 10.2 Å². The molecule has 0 saturated heterocycles. The molecule has 0 saturated carbocycles. The molecule has 0 aliphatic carbocycles. The van der Waals surface area contributed by atoms with Gasteiger partial charge in [-0.05, 0) is 30.3 Å². The Hall–Kier alpha value is -3.53. The number of halogens is 1. The first-order valence-corrected chi connectivity index (χ1v) is 7.33. The van der Waals surface area contributed by atoms with Crippen molar-refractivity contribution in [3.8, 4) is 17.5 Å². The molecule has 25 heavy (non-hydrogen) atoms. The zero-order valence-corrected chi connectivity index (χ0v) is 13.2. The maximum absolute atomic E-state index is 13.8. The quantitative estimate of drug-likeness (QED) is 0.678. The Balaban J connectivity index is 1.82. The number of hydrogen-bond donors (Lipinski definition) is 0. The lowest BCUT2D eigenvalue weighted by atomic mass is 10.1. The van der Waals surface area contributed by atoms with E-state index in [1.54, 1.807) is 31.2 Å². The zero-order valence-electron chi connectivity index (χ0n) is 13.2. The average molecular weight is 337 g/mol. The fourth-order valence-electron chi connectivity index (χ4n) is 2.23. The average Bonchev–Trinajstić information content (AvgIpc) is 3.07. The van der Waals surface area contributed by atoms with Gasteiger partial charge in [-0.25, -0.2) is 9.18 Å². The lowest BCUT2D eigenvalue weighted by Crippen LogP contribution is -2.08. The van der Waals surface area contributed by atoms with Gasteiger partial charge in [0.1, 0.15) is 12.4 Å². The van der Waals surface area contributed by atoms with Crippen molar-refractivity contribution in [2.75, 3.05) is 0 Å². The van der Waals surface area contributed by atoms with Gasteiger partial charge in [-0.1, -0.05) is 12.1 Å². The Morgan fingerprint density at radius 2 is 2.08 bits per heavy atom. The Bertz CT molecular complexity index is 976. The predicted molar refractivity (Wildman–Crippen MR) is 84.7 cm³/mol. The lowest BCUT2D eigenvalue weighted by Gasteiger charge is -2.08. The highest BCUT2D eigenvalue weighted by atomic mass is 19.1. The normalized spacial score (nSPS) is 10.3. The number of benzene rings is 2. The van der Waals surface area contributed by atoms with Crippen LogP contribution in [0, 0.1) is 24.1 Å². The first kappa shape index (κ1) is 16.3. The molecule has 3 rings (SSSR count). The highest BCUT2D eigenvalue weighted by Crippen LogP contribution is 2.23. The van der Waals surface area contributed by atoms with Gasteiger partial charge in [0.2, 0.25) is 11.8 Å². The van der Waals surface area contributed by atoms with Crippen molar-refractivity contribution >= 4 is 5.97 Å². The lowest BCUT2D eigenvalue weighted by molar-refractivity contribution is 0.0469. The van der Waals surface area contributed by atoms with Crippen LogP contribution in [0.2, 0.25) is 0 Å². The molecule has 0 fully saturated rings. The number of carbonyl (C=O) groups is 1. The summed E-state index contributed by atoms with van der Waals surface area (Å²) in [6.07, 6.45) is 0. The molecular weight excluding hydrogens is 325 g/mol. The van der Waals surface area contributed by atoms with Crippen molar-refractivity contribution in [3.63, 3.8) is 0 Å². The summed E-state index contributed by atoms with van der Waals surface area (Å²) in [6, 6.07) is 12.4. The summed E-state index contributed by atoms with van der Waals surface area (Å²) in [5.41, 5.74) is 1.06. The number of esters is 1. The topological polar surface area (TPSA) is 89.0 Å². The van der Waals surface area contributed by atoms with Gasteiger partial charge < -0.3 is 9.15 Å². The molecule has 0 aliphatic rings. The summed E-state index contributed by atoms with van der Waals surface area (Å²) in [6.45, 7) is 1.35. The van der Waals surface area contributed by atoms with Gasteiger partial charge in [0.25, 0.3) is 0 Å². The van der Waals surface area contributed by atoms with E-state index >= 15 is 0 Å². The predicted octanol–water partition coefficient (Wildman–Crippen LogP) is 3.41. The largest absolute Gasteiger partial charge is 0.457 e. The van der Waals surface area contributed by atoms with Crippen LogP contribution in [-0.2, 0) is 11.3 Å². The Morgan fingerprint density at radius 3 is 2.80 bits per heavy atom. The van der Waals surface area contributed by atoms with Crippen molar-refractivity contribution < 1.29 is 18.3 Å². The third-order valence-corrected chi connectivity index (χ3v) is 3.44. The van der Waals surface area contributed by atoms with Crippen LogP contribution in [0.5, 0.6) is 0 Å². The van der Waals surface area contributed by atoms with E-state index in [-0.39, 0.29) is 29.2 Å². The molecule has 0 spiro atoms. The molecule has 1 aromatic heterocycles. The molecular formula is C18H12FN3O3. The standard InChI is InChI=1S/C18H12FN3O3/c1-11-21-22-17(25-11)14-4-2-3-5-15(14)18(23)24-10-13-8-12(9-20)6-7-16(13)19/h2-8H,10H2,1H3. The third-order valence-electron chi connectivity index (χ3n) is 3.44. The molecule has 2 aromatic carbocycles. The van der Waals surface area contributed by atoms with Crippen LogP contribution in [0.4, 0.5) is 4.39 Å². The first-order chi connectivity index (χ1) is 12.1. The molecule has 0 unspecified atom stereocenters. The van der Waals surface area contributed by atoms with Crippen molar-refractivity contribution in [1.29, 1.82) is 5.26 Å². The second-order valence-corrected chi connectivity index (χ2v) is 5.17. The van der Waals surface area contributed by atoms with Gasteiger partial charge in [-0.3, -0.25) is 0 Å². The fraction of sp³-hybridized carbons (Fsp3) is 0.111. The summed E-state index contributed by atoms with van der Waals surface area (Å²) in [5, 5.41) is 16.5. The van der Waals surface area contributed by atoms with Crippen molar-refractivity contribution in [1.82, 2.24) is 10.2 Å². The fourth-order valence-corrected chi connectivity index (χ4v) is 2.23. The van der Waals surface area contributed by atoms with Crippen molar-refractivity contribution in [3.05, 3.63) is 70.9 Å². The zero-order chi connectivity index (χ0) is 17.8. The van der Waals surface area contributed by atoms with Crippen LogP contribution in [0.15, 0.2) is 46.9 Å². The monoisotopic (exact) mass is 337 g/mol. The van der Waals surface area contributed by atoms with Crippen LogP contribution in [0.3, 0.4) is 0 Å². The van der Waals surface area contributed by atoms with E-state index in [0.29, 0.717) is 11.5 Å².